The SMILES string of the molecule is Cc1ccc(Cl)cc1NC(=O)C(=O)NCCc1ccc(S(=O)(=O)N2CCOCC2)cc1. The zero-order valence-electron chi connectivity index (χ0n) is 17.1. The van der Waals surface area contributed by atoms with Crippen molar-refractivity contribution in [2.75, 3.05) is 38.2 Å². The lowest BCUT2D eigenvalue weighted by molar-refractivity contribution is -0.136. The highest BCUT2D eigenvalue weighted by Crippen LogP contribution is 2.20. The number of aryl methyl sites for hydroxylation is 1. The molecule has 8 nitrogen and oxygen atoms in total. The standard InChI is InChI=1S/C21H24ClN3O5S/c1-15-2-5-17(22)14-19(15)24-21(27)20(26)23-9-8-16-3-6-18(7-4-16)31(28,29)25-10-12-30-13-11-25/h2-7,14H,8-13H2,1H3,(H,23,26)(H,24,27). The van der Waals surface area contributed by atoms with E-state index in [1.54, 1.807) is 49.4 Å². The average Bonchev–Trinajstić information content (AvgIpc) is 2.77. The second-order valence-electron chi connectivity index (χ2n) is 7.08. The Morgan fingerprint density at radius 3 is 2.42 bits per heavy atom. The van der Waals surface area contributed by atoms with E-state index < -0.39 is 21.8 Å². The molecule has 2 aromatic carbocycles. The molecule has 1 aliphatic rings. The lowest BCUT2D eigenvalue weighted by Gasteiger charge is -2.26. The summed E-state index contributed by atoms with van der Waals surface area (Å²) in [5, 5.41) is 5.56. The van der Waals surface area contributed by atoms with Crippen molar-refractivity contribution >= 4 is 39.1 Å². The van der Waals surface area contributed by atoms with Gasteiger partial charge in [-0.05, 0) is 48.7 Å². The molecule has 0 atom stereocenters. The van der Waals surface area contributed by atoms with Crippen LogP contribution >= 0.6 is 11.6 Å². The van der Waals surface area contributed by atoms with Crippen molar-refractivity contribution in [2.24, 2.45) is 0 Å². The van der Waals surface area contributed by atoms with Gasteiger partial charge in [0.25, 0.3) is 0 Å². The summed E-state index contributed by atoms with van der Waals surface area (Å²) in [5.74, 6) is -1.54. The first-order chi connectivity index (χ1) is 14.8. The molecule has 1 aliphatic heterocycles. The Kier molecular flexibility index (Phi) is 7.66. The molecule has 0 spiro atoms. The second kappa shape index (κ2) is 10.2. The van der Waals surface area contributed by atoms with Crippen molar-refractivity contribution in [1.29, 1.82) is 0 Å². The molecule has 2 amide bonds. The molecule has 0 bridgehead atoms. The Balaban J connectivity index is 1.50. The summed E-state index contributed by atoms with van der Waals surface area (Å²) in [5.41, 5.74) is 2.11. The van der Waals surface area contributed by atoms with Gasteiger partial charge >= 0.3 is 11.8 Å². The van der Waals surface area contributed by atoms with Gasteiger partial charge < -0.3 is 15.4 Å². The van der Waals surface area contributed by atoms with Crippen molar-refractivity contribution in [3.8, 4) is 0 Å². The van der Waals surface area contributed by atoms with Gasteiger partial charge in [0.15, 0.2) is 0 Å². The number of hydrogen-bond donors (Lipinski definition) is 2. The molecular weight excluding hydrogens is 442 g/mol. The highest BCUT2D eigenvalue weighted by Gasteiger charge is 2.26. The zero-order valence-corrected chi connectivity index (χ0v) is 18.6. The van der Waals surface area contributed by atoms with Crippen LogP contribution in [0.25, 0.3) is 0 Å². The van der Waals surface area contributed by atoms with Crippen molar-refractivity contribution in [2.45, 2.75) is 18.2 Å². The molecule has 2 aromatic rings. The number of morpholine rings is 1. The molecule has 0 unspecified atom stereocenters. The third kappa shape index (κ3) is 6.04. The lowest BCUT2D eigenvalue weighted by Crippen LogP contribution is -2.40. The number of carbonyl (C=O) groups is 2. The summed E-state index contributed by atoms with van der Waals surface area (Å²) in [4.78, 5) is 24.3. The second-order valence-corrected chi connectivity index (χ2v) is 9.45. The fourth-order valence-electron chi connectivity index (χ4n) is 3.07. The highest BCUT2D eigenvalue weighted by molar-refractivity contribution is 7.89. The van der Waals surface area contributed by atoms with E-state index in [-0.39, 0.29) is 11.4 Å². The smallest absolute Gasteiger partial charge is 0.313 e. The number of anilines is 1. The number of rotatable bonds is 6. The van der Waals surface area contributed by atoms with Crippen LogP contribution in [0.1, 0.15) is 11.1 Å². The fourth-order valence-corrected chi connectivity index (χ4v) is 4.65. The molecule has 0 aromatic heterocycles. The van der Waals surface area contributed by atoms with Crippen LogP contribution in [-0.4, -0.2) is 57.4 Å². The van der Waals surface area contributed by atoms with Crippen LogP contribution in [0.3, 0.4) is 0 Å². The summed E-state index contributed by atoms with van der Waals surface area (Å²) < 4.78 is 31.9. The van der Waals surface area contributed by atoms with Crippen molar-refractivity contribution in [3.63, 3.8) is 0 Å². The first-order valence-electron chi connectivity index (χ1n) is 9.79. The predicted molar refractivity (Wildman–Crippen MR) is 118 cm³/mol. The van der Waals surface area contributed by atoms with E-state index in [9.17, 15) is 18.0 Å². The van der Waals surface area contributed by atoms with Gasteiger partial charge in [0.2, 0.25) is 10.0 Å². The molecule has 0 radical (unpaired) electrons. The number of sulfonamides is 1. The number of ether oxygens (including phenoxy) is 1. The minimum atomic E-state index is -3.54. The molecule has 3 rings (SSSR count). The maximum atomic E-state index is 12.6. The summed E-state index contributed by atoms with van der Waals surface area (Å²) in [6.45, 7) is 3.49. The number of nitrogens with zero attached hydrogens (tertiary/aromatic N) is 1. The first kappa shape index (κ1) is 23.2. The Morgan fingerprint density at radius 1 is 1.06 bits per heavy atom. The van der Waals surface area contributed by atoms with Crippen LogP contribution in [0, 0.1) is 6.92 Å². The minimum Gasteiger partial charge on any atom is -0.379 e. The van der Waals surface area contributed by atoms with Gasteiger partial charge in [-0.2, -0.15) is 4.31 Å². The van der Waals surface area contributed by atoms with Gasteiger partial charge in [-0.25, -0.2) is 8.42 Å². The Morgan fingerprint density at radius 2 is 1.74 bits per heavy atom. The van der Waals surface area contributed by atoms with E-state index in [1.165, 1.54) is 4.31 Å². The van der Waals surface area contributed by atoms with E-state index in [2.05, 4.69) is 10.6 Å². The fraction of sp³-hybridized carbons (Fsp3) is 0.333. The Bertz CT molecular complexity index is 1050. The minimum absolute atomic E-state index is 0.221. The van der Waals surface area contributed by atoms with Crippen LogP contribution in [0.4, 0.5) is 5.69 Å². The van der Waals surface area contributed by atoms with Gasteiger partial charge in [-0.1, -0.05) is 29.8 Å². The quantitative estimate of drug-likeness (QED) is 0.634. The number of carbonyl (C=O) groups excluding carboxylic acids is 2. The van der Waals surface area contributed by atoms with Crippen molar-refractivity contribution < 1.29 is 22.7 Å². The van der Waals surface area contributed by atoms with Crippen molar-refractivity contribution in [3.05, 3.63) is 58.6 Å². The Labute approximate surface area is 186 Å². The number of amides is 2. The normalized spacial score (nSPS) is 14.8. The molecule has 2 N–H and O–H groups in total. The van der Waals surface area contributed by atoms with Crippen LogP contribution < -0.4 is 10.6 Å². The molecule has 31 heavy (non-hydrogen) atoms. The molecule has 10 heteroatoms. The monoisotopic (exact) mass is 465 g/mol. The van der Waals surface area contributed by atoms with E-state index in [0.29, 0.717) is 43.4 Å². The maximum Gasteiger partial charge on any atom is 0.313 e. The number of hydrogen-bond acceptors (Lipinski definition) is 5. The number of benzene rings is 2. The molecule has 0 aliphatic carbocycles. The largest absolute Gasteiger partial charge is 0.379 e. The summed E-state index contributed by atoms with van der Waals surface area (Å²) in [6, 6.07) is 11.5. The molecule has 1 fully saturated rings. The zero-order chi connectivity index (χ0) is 22.4. The molecule has 166 valence electrons. The van der Waals surface area contributed by atoms with E-state index in [0.717, 1.165) is 11.1 Å². The third-order valence-electron chi connectivity index (χ3n) is 4.88. The van der Waals surface area contributed by atoms with Gasteiger partial charge in [-0.3, -0.25) is 9.59 Å². The van der Waals surface area contributed by atoms with E-state index >= 15 is 0 Å². The molecule has 0 saturated carbocycles. The van der Waals surface area contributed by atoms with Gasteiger partial charge in [-0.15, -0.1) is 0 Å². The van der Waals surface area contributed by atoms with E-state index in [4.69, 9.17) is 16.3 Å². The number of halogens is 1. The lowest BCUT2D eigenvalue weighted by atomic mass is 10.1. The molecule has 1 heterocycles. The Hall–Kier alpha value is -2.46. The van der Waals surface area contributed by atoms with E-state index in [1.807, 2.05) is 0 Å². The maximum absolute atomic E-state index is 12.6. The van der Waals surface area contributed by atoms with Crippen LogP contribution in [0.5, 0.6) is 0 Å². The summed E-state index contributed by atoms with van der Waals surface area (Å²) in [6.07, 6.45) is 0.451. The first-order valence-corrected chi connectivity index (χ1v) is 11.6. The average molecular weight is 466 g/mol. The topological polar surface area (TPSA) is 105 Å². The van der Waals surface area contributed by atoms with Crippen molar-refractivity contribution in [1.82, 2.24) is 9.62 Å². The van der Waals surface area contributed by atoms with Gasteiger partial charge in [0.05, 0.1) is 18.1 Å². The summed E-state index contributed by atoms with van der Waals surface area (Å²) >= 11 is 5.92. The van der Waals surface area contributed by atoms with Crippen LogP contribution in [-0.2, 0) is 30.8 Å². The third-order valence-corrected chi connectivity index (χ3v) is 7.03. The predicted octanol–water partition coefficient (Wildman–Crippen LogP) is 1.97. The summed E-state index contributed by atoms with van der Waals surface area (Å²) in [7, 11) is -3.54. The highest BCUT2D eigenvalue weighted by atomic mass is 35.5. The molecule has 1 saturated heterocycles. The molecular formula is C21H24ClN3O5S. The van der Waals surface area contributed by atoms with Gasteiger partial charge in [0.1, 0.15) is 0 Å². The number of nitrogens with one attached hydrogen (secondary N) is 2. The van der Waals surface area contributed by atoms with Crippen LogP contribution in [0.15, 0.2) is 47.4 Å². The van der Waals surface area contributed by atoms with Gasteiger partial charge in [0, 0.05) is 30.3 Å². The van der Waals surface area contributed by atoms with Crippen LogP contribution in [0.2, 0.25) is 5.02 Å².